The molecule has 102 valence electrons. The van der Waals surface area contributed by atoms with E-state index in [1.807, 2.05) is 0 Å². The number of nitro groups is 1. The minimum atomic E-state index is -0.484. The van der Waals surface area contributed by atoms with Crippen molar-refractivity contribution in [1.82, 2.24) is 0 Å². The molecule has 2 aromatic carbocycles. The van der Waals surface area contributed by atoms with E-state index in [1.165, 1.54) is 12.1 Å². The van der Waals surface area contributed by atoms with E-state index in [0.717, 1.165) is 0 Å². The van der Waals surface area contributed by atoms with E-state index in [0.29, 0.717) is 22.5 Å². The molecule has 6 heteroatoms. The fourth-order valence-electron chi connectivity index (χ4n) is 1.85. The molecule has 0 heterocycles. The van der Waals surface area contributed by atoms with Crippen LogP contribution in [0.3, 0.4) is 0 Å². The summed E-state index contributed by atoms with van der Waals surface area (Å²) in [5.74, 6) is -0.397. The highest BCUT2D eigenvalue weighted by molar-refractivity contribution is 6.08. The SMILES string of the molecule is Cc1c(NC(=O)c2ccccc2N)cccc1[N+](=O)[O-]. The first-order chi connectivity index (χ1) is 9.50. The molecule has 0 atom stereocenters. The fraction of sp³-hybridized carbons (Fsp3) is 0.0714. The van der Waals surface area contributed by atoms with Crippen LogP contribution in [0.15, 0.2) is 42.5 Å². The maximum atomic E-state index is 12.1. The van der Waals surface area contributed by atoms with Gasteiger partial charge in [0.1, 0.15) is 0 Å². The molecule has 0 spiro atoms. The first kappa shape index (κ1) is 13.5. The number of para-hydroxylation sites is 1. The number of hydrogen-bond donors (Lipinski definition) is 2. The van der Waals surface area contributed by atoms with Crippen molar-refractivity contribution in [3.8, 4) is 0 Å². The zero-order chi connectivity index (χ0) is 14.7. The molecule has 0 radical (unpaired) electrons. The summed E-state index contributed by atoms with van der Waals surface area (Å²) < 4.78 is 0. The maximum Gasteiger partial charge on any atom is 0.274 e. The molecule has 3 N–H and O–H groups in total. The molecule has 0 fully saturated rings. The Labute approximate surface area is 115 Å². The summed E-state index contributed by atoms with van der Waals surface area (Å²) in [5.41, 5.74) is 7.17. The van der Waals surface area contributed by atoms with Gasteiger partial charge in [-0.1, -0.05) is 18.2 Å². The number of rotatable bonds is 3. The molecule has 0 unspecified atom stereocenters. The van der Waals surface area contributed by atoms with Crippen molar-refractivity contribution in [2.24, 2.45) is 0 Å². The summed E-state index contributed by atoms with van der Waals surface area (Å²) in [6.45, 7) is 1.59. The Bertz CT molecular complexity index is 683. The summed E-state index contributed by atoms with van der Waals surface area (Å²) in [6.07, 6.45) is 0. The van der Waals surface area contributed by atoms with Crippen molar-refractivity contribution >= 4 is 23.0 Å². The molecule has 2 aromatic rings. The van der Waals surface area contributed by atoms with Crippen LogP contribution in [0.1, 0.15) is 15.9 Å². The smallest absolute Gasteiger partial charge is 0.274 e. The number of nitrogens with two attached hydrogens (primary N) is 1. The third kappa shape index (κ3) is 2.59. The first-order valence-corrected chi connectivity index (χ1v) is 5.90. The Morgan fingerprint density at radius 2 is 1.90 bits per heavy atom. The summed E-state index contributed by atoms with van der Waals surface area (Å²) in [4.78, 5) is 22.5. The molecule has 0 aliphatic rings. The Morgan fingerprint density at radius 3 is 2.55 bits per heavy atom. The Hall–Kier alpha value is -2.89. The van der Waals surface area contributed by atoms with E-state index in [-0.39, 0.29) is 5.69 Å². The van der Waals surface area contributed by atoms with Crippen LogP contribution in [0.4, 0.5) is 17.1 Å². The third-order valence-electron chi connectivity index (χ3n) is 2.96. The molecule has 0 aliphatic heterocycles. The number of benzene rings is 2. The van der Waals surface area contributed by atoms with Crippen LogP contribution in [-0.2, 0) is 0 Å². The standard InChI is InChI=1S/C14H13N3O3/c1-9-12(7-4-8-13(9)17(19)20)16-14(18)10-5-2-3-6-11(10)15/h2-8H,15H2,1H3,(H,16,18). The Balaban J connectivity index is 2.32. The lowest BCUT2D eigenvalue weighted by Crippen LogP contribution is -2.15. The number of hydrogen-bond acceptors (Lipinski definition) is 4. The second-order valence-electron chi connectivity index (χ2n) is 4.25. The molecule has 1 amide bonds. The molecular formula is C14H13N3O3. The van der Waals surface area contributed by atoms with Crippen molar-refractivity contribution in [2.75, 3.05) is 11.1 Å². The lowest BCUT2D eigenvalue weighted by atomic mass is 10.1. The van der Waals surface area contributed by atoms with Gasteiger partial charge < -0.3 is 11.1 Å². The van der Waals surface area contributed by atoms with Gasteiger partial charge in [-0.25, -0.2) is 0 Å². The maximum absolute atomic E-state index is 12.1. The Kier molecular flexibility index (Phi) is 3.65. The molecule has 6 nitrogen and oxygen atoms in total. The highest BCUT2D eigenvalue weighted by Crippen LogP contribution is 2.25. The van der Waals surface area contributed by atoms with Crippen molar-refractivity contribution in [3.05, 3.63) is 63.7 Å². The van der Waals surface area contributed by atoms with Crippen LogP contribution in [0.5, 0.6) is 0 Å². The van der Waals surface area contributed by atoms with Gasteiger partial charge in [0.05, 0.1) is 21.7 Å². The van der Waals surface area contributed by atoms with Crippen molar-refractivity contribution in [3.63, 3.8) is 0 Å². The molecule has 0 saturated carbocycles. The van der Waals surface area contributed by atoms with Gasteiger partial charge in [0.15, 0.2) is 0 Å². The molecule has 0 saturated heterocycles. The van der Waals surface area contributed by atoms with Gasteiger partial charge >= 0.3 is 0 Å². The normalized spacial score (nSPS) is 10.1. The second-order valence-corrected chi connectivity index (χ2v) is 4.25. The monoisotopic (exact) mass is 271 g/mol. The predicted octanol–water partition coefficient (Wildman–Crippen LogP) is 2.74. The molecular weight excluding hydrogens is 258 g/mol. The zero-order valence-corrected chi connectivity index (χ0v) is 10.8. The highest BCUT2D eigenvalue weighted by atomic mass is 16.6. The largest absolute Gasteiger partial charge is 0.398 e. The predicted molar refractivity (Wildman–Crippen MR) is 76.6 cm³/mol. The average molecular weight is 271 g/mol. The summed E-state index contributed by atoms with van der Waals surface area (Å²) in [6, 6.07) is 11.2. The average Bonchev–Trinajstić information content (AvgIpc) is 2.41. The topological polar surface area (TPSA) is 98.3 Å². The lowest BCUT2D eigenvalue weighted by molar-refractivity contribution is -0.385. The van der Waals surface area contributed by atoms with E-state index >= 15 is 0 Å². The second kappa shape index (κ2) is 5.40. The molecule has 0 aromatic heterocycles. The molecule has 0 bridgehead atoms. The zero-order valence-electron chi connectivity index (χ0n) is 10.8. The van der Waals surface area contributed by atoms with Gasteiger partial charge in [-0.3, -0.25) is 14.9 Å². The number of carbonyl (C=O) groups excluding carboxylic acids is 1. The number of nitrogens with one attached hydrogen (secondary N) is 1. The molecule has 0 aliphatic carbocycles. The van der Waals surface area contributed by atoms with Gasteiger partial charge in [0, 0.05) is 11.8 Å². The quantitative estimate of drug-likeness (QED) is 0.509. The number of anilines is 2. The molecule has 2 rings (SSSR count). The summed E-state index contributed by atoms with van der Waals surface area (Å²) in [7, 11) is 0. The van der Waals surface area contributed by atoms with Crippen LogP contribution >= 0.6 is 0 Å². The van der Waals surface area contributed by atoms with Gasteiger partial charge in [-0.05, 0) is 25.1 Å². The van der Waals surface area contributed by atoms with Crippen molar-refractivity contribution in [2.45, 2.75) is 6.92 Å². The van der Waals surface area contributed by atoms with Gasteiger partial charge in [-0.15, -0.1) is 0 Å². The fourth-order valence-corrected chi connectivity index (χ4v) is 1.85. The van der Waals surface area contributed by atoms with Gasteiger partial charge in [-0.2, -0.15) is 0 Å². The van der Waals surface area contributed by atoms with Crippen molar-refractivity contribution < 1.29 is 9.72 Å². The number of carbonyl (C=O) groups is 1. The van der Waals surface area contributed by atoms with Gasteiger partial charge in [0.25, 0.3) is 11.6 Å². The van der Waals surface area contributed by atoms with E-state index in [2.05, 4.69) is 5.32 Å². The van der Waals surface area contributed by atoms with Crippen LogP contribution in [0.2, 0.25) is 0 Å². The minimum absolute atomic E-state index is 0.0381. The molecule has 20 heavy (non-hydrogen) atoms. The van der Waals surface area contributed by atoms with Crippen molar-refractivity contribution in [1.29, 1.82) is 0 Å². The van der Waals surface area contributed by atoms with Crippen LogP contribution in [0.25, 0.3) is 0 Å². The van der Waals surface area contributed by atoms with E-state index < -0.39 is 10.8 Å². The number of nitro benzene ring substituents is 1. The van der Waals surface area contributed by atoms with E-state index in [4.69, 9.17) is 5.73 Å². The minimum Gasteiger partial charge on any atom is -0.398 e. The van der Waals surface area contributed by atoms with E-state index in [1.54, 1.807) is 37.3 Å². The summed E-state index contributed by atoms with van der Waals surface area (Å²) >= 11 is 0. The van der Waals surface area contributed by atoms with Gasteiger partial charge in [0.2, 0.25) is 0 Å². The van der Waals surface area contributed by atoms with E-state index in [9.17, 15) is 14.9 Å². The highest BCUT2D eigenvalue weighted by Gasteiger charge is 2.16. The number of amides is 1. The third-order valence-corrected chi connectivity index (χ3v) is 2.96. The van der Waals surface area contributed by atoms with Crippen LogP contribution < -0.4 is 11.1 Å². The lowest BCUT2D eigenvalue weighted by Gasteiger charge is -2.09. The van der Waals surface area contributed by atoms with Crippen LogP contribution in [-0.4, -0.2) is 10.8 Å². The Morgan fingerprint density at radius 1 is 1.20 bits per heavy atom. The first-order valence-electron chi connectivity index (χ1n) is 5.90. The summed E-state index contributed by atoms with van der Waals surface area (Å²) in [5, 5.41) is 13.5. The van der Waals surface area contributed by atoms with Crippen LogP contribution in [0, 0.1) is 17.0 Å². The number of nitrogen functional groups attached to an aromatic ring is 1. The number of nitrogens with zero attached hydrogens (tertiary/aromatic N) is 1.